The molecule has 2 fully saturated rings. The second kappa shape index (κ2) is 6.32. The van der Waals surface area contributed by atoms with Crippen LogP contribution in [0.1, 0.15) is 26.7 Å². The van der Waals surface area contributed by atoms with Crippen molar-refractivity contribution in [2.45, 2.75) is 38.8 Å². The fraction of sp³-hybridized carbons (Fsp3) is 0.867. The molecule has 0 N–H and O–H groups in total. The lowest BCUT2D eigenvalue weighted by atomic mass is 9.87. The highest BCUT2D eigenvalue weighted by atomic mass is 16.5. The number of amides is 2. The summed E-state index contributed by atoms with van der Waals surface area (Å²) in [5.74, 6) is 0.147. The van der Waals surface area contributed by atoms with E-state index in [-0.39, 0.29) is 23.3 Å². The predicted octanol–water partition coefficient (Wildman–Crippen LogP) is 0.507. The van der Waals surface area contributed by atoms with Crippen LogP contribution in [0.25, 0.3) is 0 Å². The molecule has 21 heavy (non-hydrogen) atoms. The fourth-order valence-electron chi connectivity index (χ4n) is 3.01. The average molecular weight is 298 g/mol. The van der Waals surface area contributed by atoms with Crippen LogP contribution in [-0.4, -0.2) is 74.2 Å². The summed E-state index contributed by atoms with van der Waals surface area (Å²) in [4.78, 5) is 28.4. The summed E-state index contributed by atoms with van der Waals surface area (Å²) in [7, 11) is 3.36. The van der Waals surface area contributed by atoms with Gasteiger partial charge in [-0.25, -0.2) is 0 Å². The van der Waals surface area contributed by atoms with Crippen molar-refractivity contribution in [3.63, 3.8) is 0 Å². The monoisotopic (exact) mass is 298 g/mol. The van der Waals surface area contributed by atoms with Gasteiger partial charge in [0.25, 0.3) is 5.91 Å². The van der Waals surface area contributed by atoms with Gasteiger partial charge in [0, 0.05) is 27.2 Å². The van der Waals surface area contributed by atoms with Gasteiger partial charge in [0.2, 0.25) is 5.91 Å². The van der Waals surface area contributed by atoms with E-state index in [2.05, 4.69) is 0 Å². The first-order valence-corrected chi connectivity index (χ1v) is 7.59. The molecule has 2 aliphatic heterocycles. The third kappa shape index (κ3) is 3.06. The van der Waals surface area contributed by atoms with Crippen LogP contribution in [0.2, 0.25) is 0 Å². The summed E-state index contributed by atoms with van der Waals surface area (Å²) < 4.78 is 10.4. The number of likely N-dealkylation sites (tertiary alicyclic amines) is 1. The third-order valence-electron chi connectivity index (χ3n) is 4.63. The number of likely N-dealkylation sites (N-methyl/N-ethyl adjacent to an activating group) is 1. The van der Waals surface area contributed by atoms with Gasteiger partial charge in [0.1, 0.15) is 6.10 Å². The number of hydrogen-bond acceptors (Lipinski definition) is 4. The Hall–Kier alpha value is -1.14. The van der Waals surface area contributed by atoms with Crippen LogP contribution in [0.3, 0.4) is 0 Å². The number of nitrogens with zero attached hydrogens (tertiary/aromatic N) is 2. The van der Waals surface area contributed by atoms with Crippen molar-refractivity contribution < 1.29 is 19.1 Å². The highest BCUT2D eigenvalue weighted by Gasteiger charge is 2.45. The van der Waals surface area contributed by atoms with Gasteiger partial charge in [0.15, 0.2) is 0 Å². The number of ether oxygens (including phenoxy) is 2. The van der Waals surface area contributed by atoms with Gasteiger partial charge >= 0.3 is 0 Å². The van der Waals surface area contributed by atoms with Gasteiger partial charge in [-0.3, -0.25) is 9.59 Å². The zero-order valence-corrected chi connectivity index (χ0v) is 13.4. The molecule has 0 aromatic heterocycles. The van der Waals surface area contributed by atoms with Gasteiger partial charge in [-0.05, 0) is 19.8 Å². The van der Waals surface area contributed by atoms with Crippen LogP contribution in [0.5, 0.6) is 0 Å². The van der Waals surface area contributed by atoms with Crippen molar-refractivity contribution in [2.24, 2.45) is 5.41 Å². The Morgan fingerprint density at radius 3 is 2.62 bits per heavy atom. The molecule has 0 aromatic rings. The standard InChI is InChI=1S/C15H26N2O4/c1-5-12(20-4)13(18)16(3)11-6-7-17(8-11)14(19)15(2)9-21-10-15/h11-12H,5-10H2,1-4H3. The summed E-state index contributed by atoms with van der Waals surface area (Å²) in [6.07, 6.45) is 1.09. The van der Waals surface area contributed by atoms with Crippen molar-refractivity contribution in [3.05, 3.63) is 0 Å². The molecule has 0 aliphatic carbocycles. The molecule has 2 rings (SSSR count). The number of hydrogen-bond donors (Lipinski definition) is 0. The van der Waals surface area contributed by atoms with E-state index in [0.29, 0.717) is 32.7 Å². The summed E-state index contributed by atoms with van der Waals surface area (Å²) >= 11 is 0. The van der Waals surface area contributed by atoms with E-state index >= 15 is 0 Å². The van der Waals surface area contributed by atoms with Crippen molar-refractivity contribution >= 4 is 11.8 Å². The molecule has 2 atom stereocenters. The Morgan fingerprint density at radius 1 is 1.48 bits per heavy atom. The lowest BCUT2D eigenvalue weighted by Crippen LogP contribution is -2.53. The first-order chi connectivity index (χ1) is 9.92. The van der Waals surface area contributed by atoms with Gasteiger partial charge in [-0.1, -0.05) is 6.92 Å². The van der Waals surface area contributed by atoms with Crippen molar-refractivity contribution in [3.8, 4) is 0 Å². The van der Waals surface area contributed by atoms with Crippen molar-refractivity contribution in [1.82, 2.24) is 9.80 Å². The largest absolute Gasteiger partial charge is 0.379 e. The predicted molar refractivity (Wildman–Crippen MR) is 77.8 cm³/mol. The molecular weight excluding hydrogens is 272 g/mol. The molecule has 0 bridgehead atoms. The lowest BCUT2D eigenvalue weighted by molar-refractivity contribution is -0.168. The van der Waals surface area contributed by atoms with Gasteiger partial charge in [-0.15, -0.1) is 0 Å². The minimum Gasteiger partial charge on any atom is -0.379 e. The van der Waals surface area contributed by atoms with E-state index in [1.807, 2.05) is 18.7 Å². The molecule has 0 spiro atoms. The van der Waals surface area contributed by atoms with Gasteiger partial charge < -0.3 is 19.3 Å². The molecule has 2 aliphatic rings. The molecule has 2 saturated heterocycles. The van der Waals surface area contributed by atoms with E-state index in [9.17, 15) is 9.59 Å². The number of methoxy groups -OCH3 is 1. The van der Waals surface area contributed by atoms with E-state index in [1.54, 1.807) is 19.1 Å². The van der Waals surface area contributed by atoms with Crippen LogP contribution < -0.4 is 0 Å². The second-order valence-corrected chi connectivity index (χ2v) is 6.33. The molecule has 0 aromatic carbocycles. The second-order valence-electron chi connectivity index (χ2n) is 6.33. The Balaban J connectivity index is 1.92. The molecule has 2 heterocycles. The summed E-state index contributed by atoms with van der Waals surface area (Å²) in [6, 6.07) is 0.0789. The Morgan fingerprint density at radius 2 is 2.14 bits per heavy atom. The number of carbonyl (C=O) groups excluding carboxylic acids is 2. The van der Waals surface area contributed by atoms with Crippen molar-refractivity contribution in [2.75, 3.05) is 40.5 Å². The summed E-state index contributed by atoms with van der Waals surface area (Å²) in [5.41, 5.74) is -0.365. The van der Waals surface area contributed by atoms with Gasteiger partial charge in [0.05, 0.1) is 24.7 Å². The quantitative estimate of drug-likeness (QED) is 0.742. The molecular formula is C15H26N2O4. The maximum atomic E-state index is 12.5. The summed E-state index contributed by atoms with van der Waals surface area (Å²) in [5, 5.41) is 0. The summed E-state index contributed by atoms with van der Waals surface area (Å²) in [6.45, 7) is 6.20. The molecule has 2 amide bonds. The minimum absolute atomic E-state index is 0.00233. The van der Waals surface area contributed by atoms with Crippen LogP contribution in [0.4, 0.5) is 0 Å². The first kappa shape index (κ1) is 16.2. The SMILES string of the molecule is CCC(OC)C(=O)N(C)C1CCN(C(=O)C2(C)COC2)C1. The molecule has 0 saturated carbocycles. The van der Waals surface area contributed by atoms with E-state index in [1.165, 1.54) is 0 Å². The zero-order chi connectivity index (χ0) is 15.6. The maximum absolute atomic E-state index is 12.5. The Kier molecular flexibility index (Phi) is 4.88. The first-order valence-electron chi connectivity index (χ1n) is 7.59. The molecule has 2 unspecified atom stereocenters. The highest BCUT2D eigenvalue weighted by Crippen LogP contribution is 2.31. The zero-order valence-electron chi connectivity index (χ0n) is 13.4. The Labute approximate surface area is 126 Å². The average Bonchev–Trinajstić information content (AvgIpc) is 2.93. The van der Waals surface area contributed by atoms with Crippen molar-refractivity contribution in [1.29, 1.82) is 0 Å². The maximum Gasteiger partial charge on any atom is 0.251 e. The molecule has 120 valence electrons. The van der Waals surface area contributed by atoms with E-state index < -0.39 is 6.10 Å². The minimum atomic E-state index is -0.391. The highest BCUT2D eigenvalue weighted by molar-refractivity contribution is 5.84. The molecule has 0 radical (unpaired) electrons. The molecule has 6 nitrogen and oxygen atoms in total. The van der Waals surface area contributed by atoms with Crippen LogP contribution in [-0.2, 0) is 19.1 Å². The normalized spacial score (nSPS) is 25.3. The topological polar surface area (TPSA) is 59.1 Å². The lowest BCUT2D eigenvalue weighted by Gasteiger charge is -2.39. The van der Waals surface area contributed by atoms with Crippen LogP contribution >= 0.6 is 0 Å². The van der Waals surface area contributed by atoms with Crippen LogP contribution in [0.15, 0.2) is 0 Å². The fourth-order valence-corrected chi connectivity index (χ4v) is 3.01. The smallest absolute Gasteiger partial charge is 0.251 e. The van der Waals surface area contributed by atoms with E-state index in [0.717, 1.165) is 6.42 Å². The van der Waals surface area contributed by atoms with Crippen LogP contribution in [0, 0.1) is 5.41 Å². The van der Waals surface area contributed by atoms with E-state index in [4.69, 9.17) is 9.47 Å². The molecule has 6 heteroatoms. The Bertz CT molecular complexity index is 404. The number of rotatable bonds is 5. The van der Waals surface area contributed by atoms with Gasteiger partial charge in [-0.2, -0.15) is 0 Å². The number of carbonyl (C=O) groups is 2. The third-order valence-corrected chi connectivity index (χ3v) is 4.63.